The van der Waals surface area contributed by atoms with Gasteiger partial charge in [0.25, 0.3) is 0 Å². The van der Waals surface area contributed by atoms with Crippen molar-refractivity contribution in [3.8, 4) is 24.7 Å². The number of hydrogen-bond donors (Lipinski definition) is 6. The van der Waals surface area contributed by atoms with Crippen LogP contribution >= 0.6 is 34.8 Å². The molecule has 2 saturated carbocycles. The van der Waals surface area contributed by atoms with Crippen molar-refractivity contribution in [1.29, 1.82) is 0 Å². The van der Waals surface area contributed by atoms with Crippen molar-refractivity contribution in [2.24, 2.45) is 60.7 Å². The van der Waals surface area contributed by atoms with Gasteiger partial charge in [-0.2, -0.15) is 0 Å². The normalized spacial score (nSPS) is 18.6. The Hall–Kier alpha value is -11.8. The number of halogens is 6. The molecule has 5 aliphatic rings. The van der Waals surface area contributed by atoms with Gasteiger partial charge in [-0.05, 0) is 145 Å². The lowest BCUT2D eigenvalue weighted by Gasteiger charge is -2.37. The lowest BCUT2D eigenvalue weighted by atomic mass is 9.75. The van der Waals surface area contributed by atoms with Gasteiger partial charge in [-0.25, -0.2) is 32.2 Å². The van der Waals surface area contributed by atoms with E-state index in [1.54, 1.807) is 96.6 Å². The Kier molecular flexibility index (Phi) is 51.9. The fourth-order valence-electron chi connectivity index (χ4n) is 15.5. The summed E-state index contributed by atoms with van der Waals surface area (Å²) in [7, 11) is 1.27. The van der Waals surface area contributed by atoms with Crippen molar-refractivity contribution in [2.45, 2.75) is 124 Å². The monoisotopic (exact) mass is 2010 g/mol. The number of pyridine rings is 3. The molecular formula is C99H122Cl3F3N18O18. The molecule has 12 rings (SSSR count). The third-order valence-electron chi connectivity index (χ3n) is 22.3. The van der Waals surface area contributed by atoms with Gasteiger partial charge in [0.2, 0.25) is 0 Å². The highest BCUT2D eigenvalue weighted by Crippen LogP contribution is 2.44. The average Bonchev–Trinajstić information content (AvgIpc) is 0.964. The zero-order chi connectivity index (χ0) is 102. The standard InChI is InChI=1S/2C30H33ClFN3O3.C27H30ClFN6O6.2C6H13N3O3/c2*1-5-14-37-17-25-27(30(36)38-26-15-19(4)6-8-22(26)18(2)3)28(23-9-7-21(32)16-24(23)31)35-29(34-25)20-10-12-33-13-11-20;1-38-27(37)24-23(17-41-16-20-15-35(34-33-20)8-10-39-12-13-40-11-9-36)31-26(18-4-6-30-7-5-18)32-25(24)21-3-2-19(29)14-22(21)28;2*7-9-8-1-3-11-5-6-12-4-2-10/h2*1,7,9-13,16,18-19,22,26,28H,6,8,14-15,17H2,2-4H3,(H,34,35);2-7,14-15,25,36H,8-13,16-17H2,1H3,(H,31,32);2*10H,1-6H2/t19-,22+,26-,28+;19-,22+,26-,28-;25-;;/m110../s1. The third-order valence-corrected chi connectivity index (χ3v) is 23.3. The number of nitrogens with zero attached hydrogens (tertiary/aromatic N) is 15. The smallest absolute Gasteiger partial charge is 0.338 e. The number of aliphatic imine (C=N–C) groups is 3. The van der Waals surface area contributed by atoms with E-state index in [0.717, 1.165) is 55.2 Å². The van der Waals surface area contributed by atoms with Crippen LogP contribution in [0.15, 0.2) is 193 Å². The molecular weight excluding hydrogens is 1890 g/mol. The predicted octanol–water partition coefficient (Wildman–Crippen LogP) is 14.6. The number of aliphatic hydroxyl groups is 3. The van der Waals surface area contributed by atoms with Gasteiger partial charge in [0.15, 0.2) is 0 Å². The molecule has 7 aromatic rings. The minimum absolute atomic E-state index is 0.0202. The molecule has 36 nitrogen and oxygen atoms in total. The summed E-state index contributed by atoms with van der Waals surface area (Å²) in [5.41, 5.74) is 22.1. The van der Waals surface area contributed by atoms with Crippen molar-refractivity contribution < 1.29 is 99.7 Å². The quantitative estimate of drug-likeness (QED) is 0.00392. The summed E-state index contributed by atoms with van der Waals surface area (Å²) in [4.78, 5) is 72.8. The Labute approximate surface area is 833 Å². The summed E-state index contributed by atoms with van der Waals surface area (Å²) >= 11 is 19.4. The van der Waals surface area contributed by atoms with Crippen LogP contribution < -0.4 is 16.0 Å². The number of terminal acetylenes is 2. The topological polar surface area (TPSA) is 463 Å². The van der Waals surface area contributed by atoms with Gasteiger partial charge in [0.05, 0.1) is 179 Å². The second-order valence-electron chi connectivity index (χ2n) is 33.0. The average molecular weight is 2020 g/mol. The maximum Gasteiger partial charge on any atom is 0.338 e. The van der Waals surface area contributed by atoms with Crippen LogP contribution in [0.2, 0.25) is 15.1 Å². The number of hydrogen-bond acceptors (Lipinski definition) is 31. The Balaban J connectivity index is 0.000000231. The van der Waals surface area contributed by atoms with E-state index in [2.05, 4.69) is 115 Å². The number of aliphatic hydroxyl groups excluding tert-OH is 3. The second-order valence-corrected chi connectivity index (χ2v) is 34.3. The van der Waals surface area contributed by atoms with E-state index in [1.807, 2.05) is 0 Å². The number of methoxy groups -OCH3 is 1. The Bertz CT molecular complexity index is 5250. The van der Waals surface area contributed by atoms with E-state index in [4.69, 9.17) is 146 Å². The first-order valence-electron chi connectivity index (χ1n) is 46.0. The molecule has 3 aliphatic heterocycles. The van der Waals surface area contributed by atoms with E-state index >= 15 is 0 Å². The number of nitrogens with one attached hydrogen (secondary N) is 3. The van der Waals surface area contributed by atoms with Crippen LogP contribution in [0.1, 0.15) is 137 Å². The SMILES string of the molecule is C#CCOCC1=C(C(=O)O[C@@H]2C[C@H](C)CC[C@H]2C(C)C)[C@@H](c2ccc(F)cc2Cl)N=C(c2ccncc2)N1.C#CCOCC1=C(C(=O)O[C@@H]2C[C@H](C)CC[C@H]2C(C)C)[C@H](c2ccc(F)cc2Cl)N=C(c2ccncc2)N1.COC(=O)C1=C(COCc2cn(CCOCCOCCO)nn2)NC(c2ccncc2)=N[C@H]1c1ccc(F)cc1Cl.[N-]=[N+]=NCCOCCOCCO.[N-]=[N+]=NCCOCCOCCO. The molecule has 3 aromatic carbocycles. The van der Waals surface area contributed by atoms with Crippen LogP contribution in [-0.2, 0) is 84.4 Å². The van der Waals surface area contributed by atoms with Gasteiger partial charge in [-0.3, -0.25) is 29.9 Å². The molecule has 0 bridgehead atoms. The largest absolute Gasteiger partial charge is 0.466 e. The maximum absolute atomic E-state index is 14.0. The summed E-state index contributed by atoms with van der Waals surface area (Å²) in [5, 5.41) is 50.2. The van der Waals surface area contributed by atoms with Gasteiger partial charge in [-0.15, -0.1) is 17.9 Å². The van der Waals surface area contributed by atoms with Crippen molar-refractivity contribution in [3.63, 3.8) is 0 Å². The molecule has 141 heavy (non-hydrogen) atoms. The van der Waals surface area contributed by atoms with Crippen LogP contribution in [0, 0.1) is 77.6 Å². The van der Waals surface area contributed by atoms with E-state index in [9.17, 15) is 27.6 Å². The van der Waals surface area contributed by atoms with Crippen molar-refractivity contribution in [1.82, 2.24) is 45.9 Å². The lowest BCUT2D eigenvalue weighted by molar-refractivity contribution is -0.152. The van der Waals surface area contributed by atoms with Crippen LogP contribution in [0.3, 0.4) is 0 Å². The number of amidine groups is 3. The fourth-order valence-corrected chi connectivity index (χ4v) is 16.3. The Morgan fingerprint density at radius 2 is 0.823 bits per heavy atom. The van der Waals surface area contributed by atoms with Crippen LogP contribution in [0.5, 0.6) is 0 Å². The molecule has 2 fully saturated rings. The van der Waals surface area contributed by atoms with E-state index < -0.39 is 53.5 Å². The fraction of sp³-hybridized carbons (Fsp3) is 0.485. The number of azide groups is 2. The summed E-state index contributed by atoms with van der Waals surface area (Å²) in [5.74, 6) is 5.44. The molecule has 6 N–H and O–H groups in total. The van der Waals surface area contributed by atoms with Crippen molar-refractivity contribution in [3.05, 3.63) is 261 Å². The third kappa shape index (κ3) is 38.2. The molecule has 2 aliphatic carbocycles. The first kappa shape index (κ1) is 114. The number of carbonyl (C=O) groups is 3. The van der Waals surface area contributed by atoms with Gasteiger partial charge < -0.3 is 88.1 Å². The molecule has 0 radical (unpaired) electrons. The van der Waals surface area contributed by atoms with E-state index in [0.29, 0.717) is 173 Å². The number of esters is 3. The lowest BCUT2D eigenvalue weighted by Crippen LogP contribution is -2.39. The van der Waals surface area contributed by atoms with E-state index in [1.165, 1.54) is 49.6 Å². The maximum atomic E-state index is 14.0. The molecule has 0 spiro atoms. The number of aromatic nitrogens is 6. The summed E-state index contributed by atoms with van der Waals surface area (Å²) in [6.07, 6.45) is 27.8. The highest BCUT2D eigenvalue weighted by Gasteiger charge is 2.42. The highest BCUT2D eigenvalue weighted by atomic mass is 35.5. The summed E-state index contributed by atoms with van der Waals surface area (Å²) in [6, 6.07) is 20.2. The number of ether oxygens (including phenoxy) is 12. The minimum Gasteiger partial charge on any atom is -0.466 e. The zero-order valence-electron chi connectivity index (χ0n) is 79.9. The van der Waals surface area contributed by atoms with Crippen LogP contribution in [0.4, 0.5) is 13.2 Å². The van der Waals surface area contributed by atoms with Gasteiger partial charge >= 0.3 is 17.9 Å². The molecule has 42 heteroatoms. The number of carbonyl (C=O) groups excluding carboxylic acids is 3. The molecule has 0 amide bonds. The molecule has 4 aromatic heterocycles. The Morgan fingerprint density at radius 3 is 1.15 bits per heavy atom. The van der Waals surface area contributed by atoms with Gasteiger partial charge in [0.1, 0.15) is 84.2 Å². The van der Waals surface area contributed by atoms with Gasteiger partial charge in [-0.1, -0.05) is 135 Å². The molecule has 0 saturated heterocycles. The van der Waals surface area contributed by atoms with E-state index in [-0.39, 0.29) is 122 Å². The molecule has 9 atom stereocenters. The van der Waals surface area contributed by atoms with Gasteiger partial charge in [0, 0.05) is 109 Å². The first-order chi connectivity index (χ1) is 68.4. The molecule has 7 heterocycles. The second kappa shape index (κ2) is 63.9. The number of benzene rings is 3. The first-order valence-corrected chi connectivity index (χ1v) is 47.1. The minimum atomic E-state index is -0.881. The number of rotatable bonds is 47. The molecule has 0 unspecified atom stereocenters. The highest BCUT2D eigenvalue weighted by molar-refractivity contribution is 6.32. The van der Waals surface area contributed by atoms with Crippen LogP contribution in [0.25, 0.3) is 20.9 Å². The molecule has 758 valence electrons. The summed E-state index contributed by atoms with van der Waals surface area (Å²) < 4.78 is 109. The van der Waals surface area contributed by atoms with Crippen LogP contribution in [-0.4, -0.2) is 245 Å². The predicted molar refractivity (Wildman–Crippen MR) is 523 cm³/mol. The Morgan fingerprint density at radius 1 is 0.482 bits per heavy atom. The summed E-state index contributed by atoms with van der Waals surface area (Å²) in [6.45, 7) is 19.3. The van der Waals surface area contributed by atoms with Crippen molar-refractivity contribution in [2.75, 3.05) is 152 Å². The zero-order valence-corrected chi connectivity index (χ0v) is 82.1. The van der Waals surface area contributed by atoms with Crippen molar-refractivity contribution >= 4 is 70.2 Å².